The van der Waals surface area contributed by atoms with Gasteiger partial charge in [0.1, 0.15) is 5.01 Å². The fraction of sp³-hybridized carbons (Fsp3) is 0. The van der Waals surface area contributed by atoms with Crippen molar-refractivity contribution in [3.05, 3.63) is 64.7 Å². The SMILES string of the molecule is O=[N+]([O-])c1cccc(-c2nnc(S(=O)(=O)c3ccccc3)s2)c1. The Morgan fingerprint density at radius 3 is 2.43 bits per heavy atom. The number of nitro groups is 1. The molecular weight excluding hydrogens is 338 g/mol. The number of hydrogen-bond donors (Lipinski definition) is 0. The average Bonchev–Trinajstić information content (AvgIpc) is 3.06. The monoisotopic (exact) mass is 347 g/mol. The van der Waals surface area contributed by atoms with Crippen LogP contribution in [-0.2, 0) is 9.84 Å². The van der Waals surface area contributed by atoms with Crippen LogP contribution in [0.5, 0.6) is 0 Å². The van der Waals surface area contributed by atoms with Crippen molar-refractivity contribution >= 4 is 26.9 Å². The van der Waals surface area contributed by atoms with Gasteiger partial charge in [0.15, 0.2) is 0 Å². The Hall–Kier alpha value is -2.65. The molecule has 0 unspecified atom stereocenters. The van der Waals surface area contributed by atoms with E-state index < -0.39 is 14.8 Å². The number of nitro benzene ring substituents is 1. The third kappa shape index (κ3) is 2.96. The van der Waals surface area contributed by atoms with Gasteiger partial charge in [0, 0.05) is 17.7 Å². The minimum atomic E-state index is -3.74. The molecule has 3 rings (SSSR count). The Bertz CT molecular complexity index is 968. The minimum Gasteiger partial charge on any atom is -0.258 e. The third-order valence-electron chi connectivity index (χ3n) is 2.99. The lowest BCUT2D eigenvalue weighted by Crippen LogP contribution is -2.00. The smallest absolute Gasteiger partial charge is 0.258 e. The summed E-state index contributed by atoms with van der Waals surface area (Å²) >= 11 is 0.875. The minimum absolute atomic E-state index is 0.0924. The highest BCUT2D eigenvalue weighted by molar-refractivity contribution is 7.93. The Morgan fingerprint density at radius 1 is 1.00 bits per heavy atom. The predicted octanol–water partition coefficient (Wildman–Crippen LogP) is 2.95. The Kier molecular flexibility index (Phi) is 3.89. The zero-order valence-corrected chi connectivity index (χ0v) is 13.1. The average molecular weight is 347 g/mol. The van der Waals surface area contributed by atoms with Crippen molar-refractivity contribution in [3.8, 4) is 10.6 Å². The van der Waals surface area contributed by atoms with E-state index in [1.165, 1.54) is 30.3 Å². The van der Waals surface area contributed by atoms with E-state index in [9.17, 15) is 18.5 Å². The first kappa shape index (κ1) is 15.3. The summed E-state index contributed by atoms with van der Waals surface area (Å²) in [5.74, 6) is 0. The van der Waals surface area contributed by atoms with Crippen LogP contribution in [-0.4, -0.2) is 23.5 Å². The van der Waals surface area contributed by atoms with E-state index in [4.69, 9.17) is 0 Å². The molecule has 0 aliphatic heterocycles. The van der Waals surface area contributed by atoms with E-state index >= 15 is 0 Å². The molecule has 0 amide bonds. The van der Waals surface area contributed by atoms with Crippen LogP contribution in [0.3, 0.4) is 0 Å². The summed E-state index contributed by atoms with van der Waals surface area (Å²) in [6.45, 7) is 0. The molecule has 1 heterocycles. The van der Waals surface area contributed by atoms with Crippen molar-refractivity contribution in [2.45, 2.75) is 9.24 Å². The van der Waals surface area contributed by atoms with Gasteiger partial charge in [-0.25, -0.2) is 8.42 Å². The van der Waals surface area contributed by atoms with E-state index in [0.717, 1.165) is 11.3 Å². The number of nitrogens with zero attached hydrogens (tertiary/aromatic N) is 3. The first-order valence-corrected chi connectivity index (χ1v) is 8.67. The Labute approximate surface area is 135 Å². The van der Waals surface area contributed by atoms with Gasteiger partial charge in [0.2, 0.25) is 14.2 Å². The topological polar surface area (TPSA) is 103 Å². The zero-order chi connectivity index (χ0) is 16.4. The van der Waals surface area contributed by atoms with Crippen molar-refractivity contribution in [2.75, 3.05) is 0 Å². The van der Waals surface area contributed by atoms with Gasteiger partial charge in [0.05, 0.1) is 9.82 Å². The van der Waals surface area contributed by atoms with E-state index in [-0.39, 0.29) is 14.9 Å². The predicted molar refractivity (Wildman–Crippen MR) is 83.9 cm³/mol. The molecule has 116 valence electrons. The van der Waals surface area contributed by atoms with E-state index in [2.05, 4.69) is 10.2 Å². The largest absolute Gasteiger partial charge is 0.270 e. The standard InChI is InChI=1S/C14H9N3O4S2/c18-17(19)11-6-4-5-10(9-11)13-15-16-14(22-13)23(20,21)12-7-2-1-3-8-12/h1-9H. The molecule has 0 atom stereocenters. The van der Waals surface area contributed by atoms with E-state index in [1.807, 2.05) is 0 Å². The lowest BCUT2D eigenvalue weighted by molar-refractivity contribution is -0.384. The first-order valence-electron chi connectivity index (χ1n) is 6.37. The maximum absolute atomic E-state index is 12.5. The highest BCUT2D eigenvalue weighted by Gasteiger charge is 2.23. The number of non-ortho nitro benzene ring substituents is 1. The second-order valence-corrected chi connectivity index (χ2v) is 7.60. The molecule has 2 aromatic carbocycles. The summed E-state index contributed by atoms with van der Waals surface area (Å²) in [6.07, 6.45) is 0. The zero-order valence-electron chi connectivity index (χ0n) is 11.5. The molecule has 7 nitrogen and oxygen atoms in total. The molecule has 0 saturated carbocycles. The molecule has 0 bridgehead atoms. The molecule has 0 saturated heterocycles. The van der Waals surface area contributed by atoms with Crippen molar-refractivity contribution in [1.29, 1.82) is 0 Å². The molecule has 3 aromatic rings. The van der Waals surface area contributed by atoms with E-state index in [0.29, 0.717) is 10.6 Å². The summed E-state index contributed by atoms with van der Waals surface area (Å²) in [6, 6.07) is 13.7. The van der Waals surface area contributed by atoms with Crippen LogP contribution >= 0.6 is 11.3 Å². The summed E-state index contributed by atoms with van der Waals surface area (Å²) in [5.41, 5.74) is 0.358. The molecule has 0 N–H and O–H groups in total. The van der Waals surface area contributed by atoms with Gasteiger partial charge in [-0.3, -0.25) is 10.1 Å². The quantitative estimate of drug-likeness (QED) is 0.531. The van der Waals surface area contributed by atoms with Crippen molar-refractivity contribution in [2.24, 2.45) is 0 Å². The van der Waals surface area contributed by atoms with Crippen LogP contribution in [0.15, 0.2) is 63.8 Å². The Morgan fingerprint density at radius 2 is 1.74 bits per heavy atom. The summed E-state index contributed by atoms with van der Waals surface area (Å²) in [7, 11) is -3.74. The highest BCUT2D eigenvalue weighted by Crippen LogP contribution is 2.30. The van der Waals surface area contributed by atoms with Gasteiger partial charge in [-0.05, 0) is 12.1 Å². The van der Waals surface area contributed by atoms with Gasteiger partial charge < -0.3 is 0 Å². The van der Waals surface area contributed by atoms with Gasteiger partial charge in [0.25, 0.3) is 5.69 Å². The molecule has 0 aliphatic rings. The molecular formula is C14H9N3O4S2. The van der Waals surface area contributed by atoms with Crippen molar-refractivity contribution in [1.82, 2.24) is 10.2 Å². The van der Waals surface area contributed by atoms with E-state index in [1.54, 1.807) is 24.3 Å². The maximum Gasteiger partial charge on any atom is 0.270 e. The number of benzene rings is 2. The molecule has 0 spiro atoms. The first-order chi connectivity index (χ1) is 11.0. The lowest BCUT2D eigenvalue weighted by atomic mass is 10.2. The van der Waals surface area contributed by atoms with Crippen LogP contribution in [0.4, 0.5) is 5.69 Å². The number of aromatic nitrogens is 2. The summed E-state index contributed by atoms with van der Waals surface area (Å²) in [4.78, 5) is 10.4. The van der Waals surface area contributed by atoms with Crippen molar-refractivity contribution < 1.29 is 13.3 Å². The molecule has 0 aliphatic carbocycles. The Balaban J connectivity index is 2.01. The normalized spacial score (nSPS) is 11.3. The van der Waals surface area contributed by atoms with Crippen molar-refractivity contribution in [3.63, 3.8) is 0 Å². The number of hydrogen-bond acceptors (Lipinski definition) is 7. The van der Waals surface area contributed by atoms with Crippen LogP contribution in [0.25, 0.3) is 10.6 Å². The second-order valence-electron chi connectivity index (χ2n) is 4.50. The fourth-order valence-corrected chi connectivity index (χ4v) is 4.29. The van der Waals surface area contributed by atoms with Gasteiger partial charge >= 0.3 is 0 Å². The molecule has 0 radical (unpaired) electrons. The summed E-state index contributed by atoms with van der Waals surface area (Å²) < 4.78 is 24.8. The van der Waals surface area contributed by atoms with Gasteiger partial charge in [-0.1, -0.05) is 41.7 Å². The lowest BCUT2D eigenvalue weighted by Gasteiger charge is -1.98. The summed E-state index contributed by atoms with van der Waals surface area (Å²) in [5, 5.41) is 18.7. The third-order valence-corrected chi connectivity index (χ3v) is 6.10. The maximum atomic E-state index is 12.5. The fourth-order valence-electron chi connectivity index (χ4n) is 1.89. The highest BCUT2D eigenvalue weighted by atomic mass is 32.2. The second kappa shape index (κ2) is 5.86. The molecule has 23 heavy (non-hydrogen) atoms. The van der Waals surface area contributed by atoms with Gasteiger partial charge in [-0.15, -0.1) is 10.2 Å². The molecule has 9 heteroatoms. The van der Waals surface area contributed by atoms with Gasteiger partial charge in [-0.2, -0.15) is 0 Å². The molecule has 0 fully saturated rings. The molecule has 1 aromatic heterocycles. The number of sulfone groups is 1. The van der Waals surface area contributed by atoms with Crippen LogP contribution < -0.4 is 0 Å². The number of rotatable bonds is 4. The van der Waals surface area contributed by atoms with Crippen LogP contribution in [0.2, 0.25) is 0 Å². The van der Waals surface area contributed by atoms with Crippen LogP contribution in [0.1, 0.15) is 0 Å². The van der Waals surface area contributed by atoms with Crippen LogP contribution in [0, 0.1) is 10.1 Å².